The molecule has 1 amide bonds. The van der Waals surface area contributed by atoms with E-state index in [-0.39, 0.29) is 12.5 Å². The van der Waals surface area contributed by atoms with E-state index < -0.39 is 21.9 Å². The molecule has 1 aromatic carbocycles. The van der Waals surface area contributed by atoms with Gasteiger partial charge in [0.1, 0.15) is 4.88 Å². The Labute approximate surface area is 168 Å². The zero-order valence-electron chi connectivity index (χ0n) is 15.7. The van der Waals surface area contributed by atoms with Crippen LogP contribution in [0.25, 0.3) is 10.4 Å². The second-order valence-electron chi connectivity index (χ2n) is 6.66. The van der Waals surface area contributed by atoms with Crippen molar-refractivity contribution in [2.24, 2.45) is 5.92 Å². The topological polar surface area (TPSA) is 92.8 Å². The molecule has 3 rings (SSSR count). The summed E-state index contributed by atoms with van der Waals surface area (Å²) in [6, 6.07) is 11.3. The van der Waals surface area contributed by atoms with Gasteiger partial charge in [0.05, 0.1) is 25.0 Å². The summed E-state index contributed by atoms with van der Waals surface area (Å²) < 4.78 is 29.8. The smallest absolute Gasteiger partial charge is 0.350 e. The summed E-state index contributed by atoms with van der Waals surface area (Å²) in [5.41, 5.74) is 1.32. The molecule has 1 atom stereocenters. The predicted molar refractivity (Wildman–Crippen MR) is 109 cm³/mol. The average molecular weight is 423 g/mol. The number of nitrogens with zero attached hydrogens (tertiary/aromatic N) is 1. The highest BCUT2D eigenvalue weighted by Gasteiger charge is 2.31. The van der Waals surface area contributed by atoms with E-state index in [9.17, 15) is 18.0 Å². The Bertz CT molecular complexity index is 969. The van der Waals surface area contributed by atoms with Gasteiger partial charge in [0.2, 0.25) is 15.9 Å². The summed E-state index contributed by atoms with van der Waals surface area (Å²) in [4.78, 5) is 26.1. The highest BCUT2D eigenvalue weighted by Crippen LogP contribution is 2.35. The number of anilines is 1. The van der Waals surface area contributed by atoms with E-state index in [0.717, 1.165) is 16.7 Å². The van der Waals surface area contributed by atoms with Crippen molar-refractivity contribution in [1.82, 2.24) is 4.31 Å². The molecule has 0 aliphatic carbocycles. The summed E-state index contributed by atoms with van der Waals surface area (Å²) in [5.74, 6) is -1.28. The number of amides is 1. The number of benzene rings is 1. The van der Waals surface area contributed by atoms with Gasteiger partial charge < -0.3 is 10.1 Å². The van der Waals surface area contributed by atoms with Crippen LogP contribution in [-0.2, 0) is 19.6 Å². The SMILES string of the molecule is COC(=O)c1sc(-c2ccccc2)cc1NC(=O)C1CCCN(S(C)(=O)=O)C1. The first-order valence-electron chi connectivity index (χ1n) is 8.83. The molecule has 0 saturated carbocycles. The van der Waals surface area contributed by atoms with E-state index in [0.29, 0.717) is 30.0 Å². The van der Waals surface area contributed by atoms with E-state index in [2.05, 4.69) is 5.32 Å². The van der Waals surface area contributed by atoms with Crippen molar-refractivity contribution < 1.29 is 22.7 Å². The maximum atomic E-state index is 12.8. The monoisotopic (exact) mass is 422 g/mol. The number of carbonyl (C=O) groups excluding carboxylic acids is 2. The van der Waals surface area contributed by atoms with Crippen LogP contribution in [-0.4, -0.2) is 51.1 Å². The van der Waals surface area contributed by atoms with E-state index in [1.54, 1.807) is 6.07 Å². The normalized spacial score (nSPS) is 17.9. The molecule has 9 heteroatoms. The van der Waals surface area contributed by atoms with Crippen molar-refractivity contribution in [3.8, 4) is 10.4 Å². The Kier molecular flexibility index (Phi) is 6.17. The fourth-order valence-electron chi connectivity index (χ4n) is 3.17. The Hall–Kier alpha value is -2.23. The average Bonchev–Trinajstić information content (AvgIpc) is 3.11. The third-order valence-electron chi connectivity index (χ3n) is 4.64. The standard InChI is InChI=1S/C19H22N2O5S2/c1-26-19(23)17-15(11-16(27-17)13-7-4-3-5-8-13)20-18(22)14-9-6-10-21(12-14)28(2,24)25/h3-5,7-8,11,14H,6,9-10,12H2,1-2H3,(H,20,22). The van der Waals surface area contributed by atoms with Crippen LogP contribution in [0.1, 0.15) is 22.5 Å². The predicted octanol–water partition coefficient (Wildman–Crippen LogP) is 2.81. The van der Waals surface area contributed by atoms with Gasteiger partial charge >= 0.3 is 5.97 Å². The molecular formula is C19H22N2O5S2. The number of hydrogen-bond acceptors (Lipinski definition) is 6. The Morgan fingerprint density at radius 1 is 1.25 bits per heavy atom. The van der Waals surface area contributed by atoms with Crippen molar-refractivity contribution in [2.45, 2.75) is 12.8 Å². The number of carbonyl (C=O) groups is 2. The van der Waals surface area contributed by atoms with Crippen LogP contribution in [0.5, 0.6) is 0 Å². The van der Waals surface area contributed by atoms with Crippen LogP contribution >= 0.6 is 11.3 Å². The Morgan fingerprint density at radius 2 is 1.96 bits per heavy atom. The lowest BCUT2D eigenvalue weighted by Crippen LogP contribution is -2.43. The summed E-state index contributed by atoms with van der Waals surface area (Å²) in [7, 11) is -2.05. The quantitative estimate of drug-likeness (QED) is 0.748. The first kappa shape index (κ1) is 20.5. The minimum Gasteiger partial charge on any atom is -0.465 e. The first-order chi connectivity index (χ1) is 13.3. The molecule has 1 unspecified atom stereocenters. The second-order valence-corrected chi connectivity index (χ2v) is 9.70. The van der Waals surface area contributed by atoms with Crippen molar-refractivity contribution in [3.05, 3.63) is 41.3 Å². The molecule has 0 bridgehead atoms. The minimum atomic E-state index is -3.34. The van der Waals surface area contributed by atoms with Crippen LogP contribution in [0.3, 0.4) is 0 Å². The zero-order valence-corrected chi connectivity index (χ0v) is 17.3. The lowest BCUT2D eigenvalue weighted by atomic mass is 9.98. The zero-order chi connectivity index (χ0) is 20.3. The van der Waals surface area contributed by atoms with Gasteiger partial charge in [0.25, 0.3) is 0 Å². The number of nitrogens with one attached hydrogen (secondary N) is 1. The van der Waals surface area contributed by atoms with E-state index in [4.69, 9.17) is 4.74 Å². The van der Waals surface area contributed by atoms with Gasteiger partial charge in [-0.1, -0.05) is 30.3 Å². The Balaban J connectivity index is 1.83. The molecular weight excluding hydrogens is 400 g/mol. The van der Waals surface area contributed by atoms with Crippen LogP contribution < -0.4 is 5.32 Å². The molecule has 2 aromatic rings. The number of rotatable bonds is 5. The summed E-state index contributed by atoms with van der Waals surface area (Å²) in [6.07, 6.45) is 2.36. The van der Waals surface area contributed by atoms with E-state index >= 15 is 0 Å². The fourth-order valence-corrected chi connectivity index (χ4v) is 5.11. The van der Waals surface area contributed by atoms with Gasteiger partial charge in [-0.25, -0.2) is 17.5 Å². The highest BCUT2D eigenvalue weighted by molar-refractivity contribution is 7.88. The number of esters is 1. The lowest BCUT2D eigenvalue weighted by molar-refractivity contribution is -0.120. The summed E-state index contributed by atoms with van der Waals surface area (Å²) in [5, 5.41) is 2.81. The number of piperidine rings is 1. The van der Waals surface area contributed by atoms with Crippen LogP contribution in [0, 0.1) is 5.92 Å². The van der Waals surface area contributed by atoms with E-state index in [1.807, 2.05) is 30.3 Å². The van der Waals surface area contributed by atoms with Crippen molar-refractivity contribution in [1.29, 1.82) is 0 Å². The lowest BCUT2D eigenvalue weighted by Gasteiger charge is -2.30. The number of ether oxygens (including phenoxy) is 1. The fraction of sp³-hybridized carbons (Fsp3) is 0.368. The second kappa shape index (κ2) is 8.42. The molecule has 1 aromatic heterocycles. The molecule has 7 nitrogen and oxygen atoms in total. The molecule has 2 heterocycles. The maximum absolute atomic E-state index is 12.8. The van der Waals surface area contributed by atoms with Crippen LogP contribution in [0.4, 0.5) is 5.69 Å². The van der Waals surface area contributed by atoms with Crippen LogP contribution in [0.2, 0.25) is 0 Å². The molecule has 1 saturated heterocycles. The molecule has 28 heavy (non-hydrogen) atoms. The maximum Gasteiger partial charge on any atom is 0.350 e. The van der Waals surface area contributed by atoms with Crippen molar-refractivity contribution >= 4 is 38.9 Å². The number of methoxy groups -OCH3 is 1. The molecule has 150 valence electrons. The van der Waals surface area contributed by atoms with Gasteiger partial charge in [-0.3, -0.25) is 4.79 Å². The number of hydrogen-bond donors (Lipinski definition) is 1. The first-order valence-corrected chi connectivity index (χ1v) is 11.5. The molecule has 0 radical (unpaired) electrons. The summed E-state index contributed by atoms with van der Waals surface area (Å²) in [6.45, 7) is 0.570. The Morgan fingerprint density at radius 3 is 2.61 bits per heavy atom. The van der Waals surface area contributed by atoms with E-state index in [1.165, 1.54) is 22.8 Å². The third kappa shape index (κ3) is 4.60. The van der Waals surface area contributed by atoms with Crippen molar-refractivity contribution in [2.75, 3.05) is 31.8 Å². The number of sulfonamides is 1. The molecule has 1 fully saturated rings. The number of thiophene rings is 1. The van der Waals surface area contributed by atoms with Gasteiger partial charge in [-0.15, -0.1) is 11.3 Å². The molecule has 1 aliphatic heterocycles. The van der Waals surface area contributed by atoms with Gasteiger partial charge in [0.15, 0.2) is 0 Å². The van der Waals surface area contributed by atoms with Gasteiger partial charge in [-0.2, -0.15) is 0 Å². The molecule has 0 spiro atoms. The molecule has 1 N–H and O–H groups in total. The highest BCUT2D eigenvalue weighted by atomic mass is 32.2. The van der Waals surface area contributed by atoms with Crippen LogP contribution in [0.15, 0.2) is 36.4 Å². The summed E-state index contributed by atoms with van der Waals surface area (Å²) >= 11 is 1.24. The third-order valence-corrected chi connectivity index (χ3v) is 7.08. The van der Waals surface area contributed by atoms with Crippen molar-refractivity contribution in [3.63, 3.8) is 0 Å². The minimum absolute atomic E-state index is 0.147. The largest absolute Gasteiger partial charge is 0.465 e. The van der Waals surface area contributed by atoms with Gasteiger partial charge in [0, 0.05) is 18.0 Å². The molecule has 1 aliphatic rings. The van der Waals surface area contributed by atoms with Gasteiger partial charge in [-0.05, 0) is 24.5 Å².